The van der Waals surface area contributed by atoms with Gasteiger partial charge in [0.2, 0.25) is 0 Å². The van der Waals surface area contributed by atoms with Gasteiger partial charge in [-0.1, -0.05) is 18.2 Å². The van der Waals surface area contributed by atoms with Gasteiger partial charge < -0.3 is 10.1 Å². The van der Waals surface area contributed by atoms with Gasteiger partial charge in [-0.05, 0) is 30.7 Å². The Morgan fingerprint density at radius 2 is 1.87 bits per heavy atom. The highest BCUT2D eigenvalue weighted by atomic mass is 32.2. The number of sulfonamides is 1. The maximum Gasteiger partial charge on any atom is 0.262 e. The van der Waals surface area contributed by atoms with Crippen LogP contribution in [0.15, 0.2) is 59.8 Å². The number of hydrogen-bond donors (Lipinski definition) is 2. The second-order valence-electron chi connectivity index (χ2n) is 6.55. The van der Waals surface area contributed by atoms with Gasteiger partial charge in [-0.15, -0.1) is 0 Å². The maximum atomic E-state index is 14.2. The molecule has 7 nitrogen and oxygen atoms in total. The number of nitrogens with zero attached hydrogens (tertiary/aromatic N) is 1. The zero-order valence-electron chi connectivity index (χ0n) is 16.6. The highest BCUT2D eigenvalue weighted by Gasteiger charge is 2.23. The molecule has 0 spiro atoms. The van der Waals surface area contributed by atoms with Crippen LogP contribution in [0.5, 0.6) is 5.75 Å². The topological polar surface area (TPSA) is 97.4 Å². The lowest BCUT2D eigenvalue weighted by Crippen LogP contribution is -2.27. The van der Waals surface area contributed by atoms with Crippen LogP contribution in [0, 0.1) is 18.6 Å². The first kappa shape index (κ1) is 22.2. The van der Waals surface area contributed by atoms with Crippen LogP contribution in [0.2, 0.25) is 0 Å². The molecule has 3 rings (SSSR count). The van der Waals surface area contributed by atoms with Gasteiger partial charge in [-0.3, -0.25) is 14.5 Å². The molecular weight excluding hydrogens is 428 g/mol. The van der Waals surface area contributed by atoms with Crippen molar-refractivity contribution in [3.8, 4) is 5.75 Å². The van der Waals surface area contributed by atoms with Gasteiger partial charge in [0.25, 0.3) is 15.9 Å². The number of anilines is 1. The molecule has 1 amide bonds. The SMILES string of the molecule is COc1cncc(NS(=O)(=O)c2ccccc2C(=O)NCc2c(F)ccc(C)c2F)c1. The summed E-state index contributed by atoms with van der Waals surface area (Å²) in [5.74, 6) is -2.04. The fourth-order valence-corrected chi connectivity index (χ4v) is 4.07. The summed E-state index contributed by atoms with van der Waals surface area (Å²) in [5, 5.41) is 2.38. The zero-order chi connectivity index (χ0) is 22.6. The number of pyridine rings is 1. The molecule has 0 aliphatic heterocycles. The minimum atomic E-state index is -4.17. The molecule has 0 radical (unpaired) electrons. The molecule has 31 heavy (non-hydrogen) atoms. The first-order valence-electron chi connectivity index (χ1n) is 9.05. The van der Waals surface area contributed by atoms with Crippen molar-refractivity contribution in [1.29, 1.82) is 0 Å². The molecule has 3 aromatic rings. The predicted molar refractivity (Wildman–Crippen MR) is 110 cm³/mol. The Kier molecular flexibility index (Phi) is 6.50. The summed E-state index contributed by atoms with van der Waals surface area (Å²) in [7, 11) is -2.76. The Morgan fingerprint density at radius 3 is 2.61 bits per heavy atom. The van der Waals surface area contributed by atoms with Gasteiger partial charge in [0.15, 0.2) is 0 Å². The molecule has 10 heteroatoms. The molecule has 0 fully saturated rings. The molecule has 0 aliphatic carbocycles. The molecule has 0 saturated carbocycles. The minimum absolute atomic E-state index is 0.137. The average molecular weight is 447 g/mol. The number of amides is 1. The van der Waals surface area contributed by atoms with E-state index in [4.69, 9.17) is 4.74 Å². The summed E-state index contributed by atoms with van der Waals surface area (Å²) >= 11 is 0. The van der Waals surface area contributed by atoms with Gasteiger partial charge in [0, 0.05) is 18.2 Å². The van der Waals surface area contributed by atoms with Crippen LogP contribution in [-0.2, 0) is 16.6 Å². The third-order valence-electron chi connectivity index (χ3n) is 4.43. The second-order valence-corrected chi connectivity index (χ2v) is 8.21. The Morgan fingerprint density at radius 1 is 1.13 bits per heavy atom. The van der Waals surface area contributed by atoms with Crippen molar-refractivity contribution in [3.05, 3.63) is 83.2 Å². The van der Waals surface area contributed by atoms with Crippen molar-refractivity contribution < 1.29 is 26.7 Å². The van der Waals surface area contributed by atoms with Crippen molar-refractivity contribution in [1.82, 2.24) is 10.3 Å². The quantitative estimate of drug-likeness (QED) is 0.579. The molecule has 0 aliphatic rings. The van der Waals surface area contributed by atoms with E-state index in [0.29, 0.717) is 5.75 Å². The maximum absolute atomic E-state index is 14.2. The average Bonchev–Trinajstić information content (AvgIpc) is 2.76. The number of hydrogen-bond acceptors (Lipinski definition) is 5. The summed E-state index contributed by atoms with van der Waals surface area (Å²) in [6.07, 6.45) is 2.69. The van der Waals surface area contributed by atoms with Crippen molar-refractivity contribution in [3.63, 3.8) is 0 Å². The lowest BCUT2D eigenvalue weighted by atomic mass is 10.1. The zero-order valence-corrected chi connectivity index (χ0v) is 17.5. The van der Waals surface area contributed by atoms with Crippen molar-refractivity contribution >= 4 is 21.6 Å². The highest BCUT2D eigenvalue weighted by Crippen LogP contribution is 2.22. The number of halogens is 2. The molecule has 2 N–H and O–H groups in total. The highest BCUT2D eigenvalue weighted by molar-refractivity contribution is 7.92. The lowest BCUT2D eigenvalue weighted by Gasteiger charge is -2.13. The number of nitrogens with one attached hydrogen (secondary N) is 2. The molecule has 1 heterocycles. The number of aryl methyl sites for hydroxylation is 1. The van der Waals surface area contributed by atoms with E-state index in [9.17, 15) is 22.0 Å². The summed E-state index contributed by atoms with van der Waals surface area (Å²) < 4.78 is 61.2. The van der Waals surface area contributed by atoms with Crippen molar-refractivity contribution in [2.24, 2.45) is 0 Å². The number of benzene rings is 2. The van der Waals surface area contributed by atoms with Crippen LogP contribution >= 0.6 is 0 Å². The number of rotatable bonds is 7. The van der Waals surface area contributed by atoms with Gasteiger partial charge >= 0.3 is 0 Å². The summed E-state index contributed by atoms with van der Waals surface area (Å²) in [4.78, 5) is 16.2. The molecule has 0 unspecified atom stereocenters. The van der Waals surface area contributed by atoms with E-state index in [1.54, 1.807) is 0 Å². The summed E-state index contributed by atoms with van der Waals surface area (Å²) in [6, 6.07) is 9.30. The van der Waals surface area contributed by atoms with E-state index < -0.39 is 34.1 Å². The summed E-state index contributed by atoms with van der Waals surface area (Å²) in [5.41, 5.74) is -0.128. The van der Waals surface area contributed by atoms with E-state index in [1.807, 2.05) is 0 Å². The third kappa shape index (κ3) is 4.97. The van der Waals surface area contributed by atoms with Crippen LogP contribution < -0.4 is 14.8 Å². The van der Waals surface area contributed by atoms with Gasteiger partial charge in [-0.25, -0.2) is 17.2 Å². The fourth-order valence-electron chi connectivity index (χ4n) is 2.83. The molecule has 0 bridgehead atoms. The first-order valence-corrected chi connectivity index (χ1v) is 10.5. The fraction of sp³-hybridized carbons (Fsp3) is 0.143. The normalized spacial score (nSPS) is 11.1. The molecule has 0 saturated heterocycles. The van der Waals surface area contributed by atoms with Gasteiger partial charge in [0.1, 0.15) is 22.3 Å². The molecule has 1 aromatic heterocycles. The monoisotopic (exact) mass is 447 g/mol. The van der Waals surface area contributed by atoms with Crippen LogP contribution in [0.4, 0.5) is 14.5 Å². The van der Waals surface area contributed by atoms with E-state index in [-0.39, 0.29) is 27.3 Å². The number of carbonyl (C=O) groups is 1. The van der Waals surface area contributed by atoms with E-state index >= 15 is 0 Å². The van der Waals surface area contributed by atoms with Gasteiger partial charge in [-0.2, -0.15) is 0 Å². The van der Waals surface area contributed by atoms with E-state index in [2.05, 4.69) is 15.0 Å². The Balaban J connectivity index is 1.85. The third-order valence-corrected chi connectivity index (χ3v) is 5.87. The lowest BCUT2D eigenvalue weighted by molar-refractivity contribution is 0.0947. The summed E-state index contributed by atoms with van der Waals surface area (Å²) in [6.45, 7) is 1.03. The van der Waals surface area contributed by atoms with Crippen LogP contribution in [0.25, 0.3) is 0 Å². The van der Waals surface area contributed by atoms with E-state index in [1.165, 1.54) is 62.8 Å². The van der Waals surface area contributed by atoms with Gasteiger partial charge in [0.05, 0.1) is 30.8 Å². The number of carbonyl (C=O) groups excluding carboxylic acids is 1. The smallest absolute Gasteiger partial charge is 0.262 e. The minimum Gasteiger partial charge on any atom is -0.495 e. The van der Waals surface area contributed by atoms with Crippen molar-refractivity contribution in [2.45, 2.75) is 18.4 Å². The molecular formula is C21H19F2N3O4S. The number of aromatic nitrogens is 1. The Bertz CT molecular complexity index is 1230. The first-order chi connectivity index (χ1) is 14.7. The second kappa shape index (κ2) is 9.09. The Labute approximate surface area is 178 Å². The van der Waals surface area contributed by atoms with Crippen LogP contribution in [0.1, 0.15) is 21.5 Å². The van der Waals surface area contributed by atoms with Crippen LogP contribution in [0.3, 0.4) is 0 Å². The van der Waals surface area contributed by atoms with Crippen molar-refractivity contribution in [2.75, 3.05) is 11.8 Å². The Hall–Kier alpha value is -3.53. The number of ether oxygens (including phenoxy) is 1. The molecule has 162 valence electrons. The predicted octanol–water partition coefficient (Wildman–Crippen LogP) is 3.41. The number of methoxy groups -OCH3 is 1. The molecule has 0 atom stereocenters. The molecule has 2 aromatic carbocycles. The largest absolute Gasteiger partial charge is 0.495 e. The standard InChI is InChI=1S/C21H19F2N3O4S/c1-13-7-8-18(22)17(20(13)23)12-25-21(27)16-5-3-4-6-19(16)31(28,29)26-14-9-15(30-2)11-24-10-14/h3-11,26H,12H2,1-2H3,(H,25,27). The van der Waals surface area contributed by atoms with Crippen LogP contribution in [-0.4, -0.2) is 26.4 Å². The van der Waals surface area contributed by atoms with E-state index in [0.717, 1.165) is 6.07 Å².